The maximum Gasteiger partial charge on any atom is 0.123 e. The number of anilines is 2. The molecule has 0 amide bonds. The Balaban J connectivity index is 1.18. The third kappa shape index (κ3) is 4.96. The Hall–Kier alpha value is -3.11. The quantitative estimate of drug-likeness (QED) is 0.335. The van der Waals surface area contributed by atoms with Gasteiger partial charge in [-0.2, -0.15) is 0 Å². The summed E-state index contributed by atoms with van der Waals surface area (Å²) in [6.45, 7) is 7.56. The number of hydrogen-bond donors (Lipinski definition) is 2. The summed E-state index contributed by atoms with van der Waals surface area (Å²) in [6.07, 6.45) is 5.38. The number of aromatic amines is 1. The SMILES string of the molecule is Cc1ccc(Nc2ccc(C)c(CCN3CCC(c4c[nH]c5ccc(F)cc45)CC3)c2)cc1. The van der Waals surface area contributed by atoms with Crippen molar-refractivity contribution < 1.29 is 4.39 Å². The molecule has 0 saturated carbocycles. The number of likely N-dealkylation sites (tertiary alicyclic amines) is 1. The van der Waals surface area contributed by atoms with E-state index in [1.54, 1.807) is 6.07 Å². The first kappa shape index (κ1) is 21.7. The number of aromatic nitrogens is 1. The van der Waals surface area contributed by atoms with Gasteiger partial charge in [0.05, 0.1) is 0 Å². The summed E-state index contributed by atoms with van der Waals surface area (Å²) >= 11 is 0. The van der Waals surface area contributed by atoms with Crippen molar-refractivity contribution in [2.45, 2.75) is 39.0 Å². The van der Waals surface area contributed by atoms with E-state index >= 15 is 0 Å². The Labute approximate surface area is 195 Å². The van der Waals surface area contributed by atoms with Gasteiger partial charge >= 0.3 is 0 Å². The molecule has 0 unspecified atom stereocenters. The second-order valence-corrected chi connectivity index (χ2v) is 9.43. The molecule has 0 aliphatic carbocycles. The van der Waals surface area contributed by atoms with Gasteiger partial charge in [-0.15, -0.1) is 0 Å². The van der Waals surface area contributed by atoms with Crippen LogP contribution in [0.3, 0.4) is 0 Å². The normalized spacial score (nSPS) is 15.2. The molecule has 1 aliphatic heterocycles. The standard InChI is InChI=1S/C29H32FN3/c1-20-3-7-25(8-4-20)32-26-9-5-21(2)23(17-26)13-16-33-14-11-22(12-15-33)28-19-31-29-10-6-24(30)18-27(28)29/h3-10,17-19,22,31-32H,11-16H2,1-2H3. The van der Waals surface area contributed by atoms with Crippen LogP contribution in [0.4, 0.5) is 15.8 Å². The fourth-order valence-corrected chi connectivity index (χ4v) is 5.02. The molecule has 1 fully saturated rings. The second-order valence-electron chi connectivity index (χ2n) is 9.43. The van der Waals surface area contributed by atoms with Crippen LogP contribution in [-0.4, -0.2) is 29.5 Å². The van der Waals surface area contributed by atoms with E-state index in [2.05, 4.69) is 77.7 Å². The second kappa shape index (κ2) is 9.40. The maximum absolute atomic E-state index is 13.8. The summed E-state index contributed by atoms with van der Waals surface area (Å²) in [7, 11) is 0. The number of hydrogen-bond acceptors (Lipinski definition) is 2. The van der Waals surface area contributed by atoms with Crippen LogP contribution in [0.15, 0.2) is 66.9 Å². The summed E-state index contributed by atoms with van der Waals surface area (Å²) in [4.78, 5) is 5.89. The first-order chi connectivity index (χ1) is 16.0. The number of H-pyrrole nitrogens is 1. The number of fused-ring (bicyclic) bond motifs is 1. The van der Waals surface area contributed by atoms with Crippen LogP contribution in [0.5, 0.6) is 0 Å². The number of halogens is 1. The molecule has 4 heteroatoms. The summed E-state index contributed by atoms with van der Waals surface area (Å²) in [6, 6.07) is 20.2. The zero-order valence-electron chi connectivity index (χ0n) is 19.5. The molecular formula is C29H32FN3. The number of benzene rings is 3. The topological polar surface area (TPSA) is 31.1 Å². The maximum atomic E-state index is 13.8. The summed E-state index contributed by atoms with van der Waals surface area (Å²) < 4.78 is 13.8. The minimum Gasteiger partial charge on any atom is -0.361 e. The molecule has 2 N–H and O–H groups in total. The molecule has 0 atom stereocenters. The van der Waals surface area contributed by atoms with E-state index in [-0.39, 0.29) is 5.82 Å². The first-order valence-corrected chi connectivity index (χ1v) is 12.0. The number of piperidine rings is 1. The van der Waals surface area contributed by atoms with Crippen molar-refractivity contribution in [2.75, 3.05) is 25.0 Å². The molecule has 1 saturated heterocycles. The lowest BCUT2D eigenvalue weighted by Gasteiger charge is -2.32. The van der Waals surface area contributed by atoms with Crippen LogP contribution >= 0.6 is 0 Å². The third-order valence-corrected chi connectivity index (χ3v) is 7.09. The lowest BCUT2D eigenvalue weighted by atomic mass is 9.89. The van der Waals surface area contributed by atoms with E-state index in [0.29, 0.717) is 5.92 Å². The third-order valence-electron chi connectivity index (χ3n) is 7.09. The Kier molecular flexibility index (Phi) is 6.19. The smallest absolute Gasteiger partial charge is 0.123 e. The van der Waals surface area contributed by atoms with Crippen molar-refractivity contribution in [2.24, 2.45) is 0 Å². The molecule has 33 heavy (non-hydrogen) atoms. The van der Waals surface area contributed by atoms with Crippen LogP contribution in [0.25, 0.3) is 10.9 Å². The number of aryl methyl sites for hydroxylation is 2. The lowest BCUT2D eigenvalue weighted by molar-refractivity contribution is 0.215. The predicted molar refractivity (Wildman–Crippen MR) is 136 cm³/mol. The van der Waals surface area contributed by atoms with Crippen molar-refractivity contribution in [3.8, 4) is 0 Å². The molecule has 1 aromatic heterocycles. The molecule has 2 heterocycles. The zero-order chi connectivity index (χ0) is 22.8. The van der Waals surface area contributed by atoms with E-state index in [9.17, 15) is 4.39 Å². The number of nitrogens with zero attached hydrogens (tertiary/aromatic N) is 1. The molecule has 0 bridgehead atoms. The van der Waals surface area contributed by atoms with Gasteiger partial charge < -0.3 is 15.2 Å². The molecule has 4 aromatic rings. The fourth-order valence-electron chi connectivity index (χ4n) is 5.02. The van der Waals surface area contributed by atoms with E-state index in [1.807, 2.05) is 6.07 Å². The van der Waals surface area contributed by atoms with Gasteiger partial charge in [-0.1, -0.05) is 23.8 Å². The van der Waals surface area contributed by atoms with Gasteiger partial charge in [-0.3, -0.25) is 0 Å². The summed E-state index contributed by atoms with van der Waals surface area (Å²) in [5, 5.41) is 4.58. The molecule has 3 nitrogen and oxygen atoms in total. The average molecular weight is 442 g/mol. The van der Waals surface area contributed by atoms with Gasteiger partial charge in [0.1, 0.15) is 5.82 Å². The van der Waals surface area contributed by atoms with Gasteiger partial charge in [-0.05, 0) is 111 Å². The van der Waals surface area contributed by atoms with Crippen molar-refractivity contribution in [1.82, 2.24) is 9.88 Å². The van der Waals surface area contributed by atoms with E-state index < -0.39 is 0 Å². The highest BCUT2D eigenvalue weighted by molar-refractivity contribution is 5.83. The van der Waals surface area contributed by atoms with E-state index in [1.165, 1.54) is 28.3 Å². The van der Waals surface area contributed by atoms with Crippen LogP contribution in [0.1, 0.15) is 41.0 Å². The Morgan fingerprint density at radius 1 is 0.939 bits per heavy atom. The van der Waals surface area contributed by atoms with Gasteiger partial charge in [0.2, 0.25) is 0 Å². The number of nitrogens with one attached hydrogen (secondary N) is 2. The van der Waals surface area contributed by atoms with Crippen LogP contribution in [0, 0.1) is 19.7 Å². The van der Waals surface area contributed by atoms with Gasteiger partial charge in [0, 0.05) is 35.0 Å². The molecule has 5 rings (SSSR count). The molecular weight excluding hydrogens is 409 g/mol. The van der Waals surface area contributed by atoms with Crippen molar-refractivity contribution >= 4 is 22.3 Å². The van der Waals surface area contributed by atoms with Crippen LogP contribution in [0.2, 0.25) is 0 Å². The molecule has 170 valence electrons. The highest BCUT2D eigenvalue weighted by atomic mass is 19.1. The molecule has 3 aromatic carbocycles. The summed E-state index contributed by atoms with van der Waals surface area (Å²) in [5.41, 5.74) is 8.59. The lowest BCUT2D eigenvalue weighted by Crippen LogP contribution is -2.34. The van der Waals surface area contributed by atoms with Crippen molar-refractivity contribution in [3.05, 3.63) is 94.9 Å². The minimum atomic E-state index is -0.157. The fraction of sp³-hybridized carbons (Fsp3) is 0.310. The average Bonchev–Trinajstić information content (AvgIpc) is 3.24. The summed E-state index contributed by atoms with van der Waals surface area (Å²) in [5.74, 6) is 0.343. The van der Waals surface area contributed by atoms with Gasteiger partial charge in [0.15, 0.2) is 0 Å². The van der Waals surface area contributed by atoms with Crippen molar-refractivity contribution in [3.63, 3.8) is 0 Å². The minimum absolute atomic E-state index is 0.157. The van der Waals surface area contributed by atoms with Crippen molar-refractivity contribution in [1.29, 1.82) is 0 Å². The number of rotatable bonds is 6. The highest BCUT2D eigenvalue weighted by Crippen LogP contribution is 2.33. The zero-order valence-corrected chi connectivity index (χ0v) is 19.5. The Morgan fingerprint density at radius 2 is 1.70 bits per heavy atom. The largest absolute Gasteiger partial charge is 0.361 e. The highest BCUT2D eigenvalue weighted by Gasteiger charge is 2.23. The first-order valence-electron chi connectivity index (χ1n) is 12.0. The van der Waals surface area contributed by atoms with Gasteiger partial charge in [-0.25, -0.2) is 4.39 Å². The Morgan fingerprint density at radius 3 is 2.48 bits per heavy atom. The van der Waals surface area contributed by atoms with Gasteiger partial charge in [0.25, 0.3) is 0 Å². The molecule has 1 aliphatic rings. The molecule has 0 radical (unpaired) electrons. The van der Waals surface area contributed by atoms with Crippen LogP contribution in [-0.2, 0) is 6.42 Å². The predicted octanol–water partition coefficient (Wildman–Crippen LogP) is 7.09. The molecule has 0 spiro atoms. The van der Waals surface area contributed by atoms with E-state index in [4.69, 9.17) is 0 Å². The monoisotopic (exact) mass is 441 g/mol. The van der Waals surface area contributed by atoms with Crippen LogP contribution < -0.4 is 5.32 Å². The van der Waals surface area contributed by atoms with E-state index in [0.717, 1.165) is 61.2 Å². The Bertz CT molecular complexity index is 1230.